The van der Waals surface area contributed by atoms with Crippen molar-refractivity contribution in [3.8, 4) is 5.69 Å². The number of hydrogen-bond acceptors (Lipinski definition) is 1. The molecule has 0 bridgehead atoms. The number of aryl methyl sites for hydroxylation is 1. The Bertz CT molecular complexity index is 448. The van der Waals surface area contributed by atoms with Gasteiger partial charge in [0.25, 0.3) is 0 Å². The first-order valence-corrected chi connectivity index (χ1v) is 5.56. The lowest BCUT2D eigenvalue weighted by Crippen LogP contribution is -1.96. The van der Waals surface area contributed by atoms with Crippen molar-refractivity contribution in [1.82, 2.24) is 9.78 Å². The second-order valence-corrected chi connectivity index (χ2v) is 3.68. The van der Waals surface area contributed by atoms with Crippen molar-refractivity contribution in [2.75, 3.05) is 0 Å². The normalized spacial score (nSPS) is 10.5. The maximum absolute atomic E-state index is 5.71. The van der Waals surface area contributed by atoms with Crippen molar-refractivity contribution in [2.24, 2.45) is 0 Å². The molecule has 0 N–H and O–H groups in total. The summed E-state index contributed by atoms with van der Waals surface area (Å²) in [6.07, 6.45) is 2.98. The highest BCUT2D eigenvalue weighted by molar-refractivity contribution is 6.16. The number of aromatic nitrogens is 2. The Morgan fingerprint density at radius 3 is 2.87 bits per heavy atom. The van der Waals surface area contributed by atoms with Gasteiger partial charge in [0.05, 0.1) is 17.3 Å². The lowest BCUT2D eigenvalue weighted by Gasteiger charge is -2.03. The summed E-state index contributed by atoms with van der Waals surface area (Å²) in [6.45, 7) is 2.15. The highest BCUT2D eigenvalue weighted by Crippen LogP contribution is 2.11. The summed E-state index contributed by atoms with van der Waals surface area (Å²) in [5.74, 6) is 0.459. The van der Waals surface area contributed by atoms with Crippen molar-refractivity contribution < 1.29 is 0 Å². The van der Waals surface area contributed by atoms with Crippen molar-refractivity contribution in [2.45, 2.75) is 19.2 Å². The van der Waals surface area contributed by atoms with Gasteiger partial charge in [-0.25, -0.2) is 4.68 Å². The molecule has 0 fully saturated rings. The van der Waals surface area contributed by atoms with Gasteiger partial charge in [-0.3, -0.25) is 0 Å². The molecule has 0 unspecified atom stereocenters. The molecule has 1 heterocycles. The Morgan fingerprint density at radius 1 is 1.33 bits per heavy atom. The zero-order chi connectivity index (χ0) is 10.7. The maximum atomic E-state index is 5.71. The molecule has 2 nitrogen and oxygen atoms in total. The summed E-state index contributed by atoms with van der Waals surface area (Å²) in [6, 6.07) is 10.3. The summed E-state index contributed by atoms with van der Waals surface area (Å²) < 4.78 is 1.86. The Morgan fingerprint density at radius 2 is 2.20 bits per heavy atom. The quantitative estimate of drug-likeness (QED) is 0.727. The van der Waals surface area contributed by atoms with Crippen LogP contribution in [0, 0.1) is 0 Å². The van der Waals surface area contributed by atoms with Gasteiger partial charge in [-0.2, -0.15) is 5.10 Å². The van der Waals surface area contributed by atoms with Gasteiger partial charge in [-0.05, 0) is 30.2 Å². The van der Waals surface area contributed by atoms with E-state index >= 15 is 0 Å². The lowest BCUT2D eigenvalue weighted by atomic mass is 10.1. The highest BCUT2D eigenvalue weighted by Gasteiger charge is 2.00. The third-order valence-corrected chi connectivity index (χ3v) is 2.64. The van der Waals surface area contributed by atoms with Gasteiger partial charge >= 0.3 is 0 Å². The van der Waals surface area contributed by atoms with Crippen LogP contribution in [-0.2, 0) is 12.3 Å². The first kappa shape index (κ1) is 10.2. The molecule has 0 aliphatic heterocycles. The smallest absolute Gasteiger partial charge is 0.0776 e. The van der Waals surface area contributed by atoms with Gasteiger partial charge in [-0.15, -0.1) is 11.6 Å². The van der Waals surface area contributed by atoms with Crippen molar-refractivity contribution in [3.63, 3.8) is 0 Å². The first-order chi connectivity index (χ1) is 7.33. The van der Waals surface area contributed by atoms with E-state index in [0.29, 0.717) is 5.88 Å². The SMILES string of the molecule is CCc1cccc(-n2ccc(CCl)n2)c1. The topological polar surface area (TPSA) is 17.8 Å². The van der Waals surface area contributed by atoms with Crippen LogP contribution in [0.3, 0.4) is 0 Å². The average molecular weight is 221 g/mol. The molecule has 0 radical (unpaired) electrons. The summed E-state index contributed by atoms with van der Waals surface area (Å²) in [4.78, 5) is 0. The van der Waals surface area contributed by atoms with Crippen LogP contribution in [0.15, 0.2) is 36.5 Å². The number of nitrogens with zero attached hydrogens (tertiary/aromatic N) is 2. The van der Waals surface area contributed by atoms with E-state index in [4.69, 9.17) is 11.6 Å². The summed E-state index contributed by atoms with van der Waals surface area (Å²) in [5, 5.41) is 4.36. The van der Waals surface area contributed by atoms with Crippen LogP contribution in [0.2, 0.25) is 0 Å². The van der Waals surface area contributed by atoms with E-state index in [9.17, 15) is 0 Å². The minimum absolute atomic E-state index is 0.459. The number of benzene rings is 1. The molecule has 1 aromatic carbocycles. The zero-order valence-corrected chi connectivity index (χ0v) is 9.41. The molecule has 15 heavy (non-hydrogen) atoms. The van der Waals surface area contributed by atoms with Gasteiger partial charge in [0, 0.05) is 6.20 Å². The molecule has 0 aliphatic rings. The zero-order valence-electron chi connectivity index (χ0n) is 8.65. The van der Waals surface area contributed by atoms with E-state index in [1.54, 1.807) is 0 Å². The Balaban J connectivity index is 2.35. The molecule has 0 saturated carbocycles. The number of alkyl halides is 1. The highest BCUT2D eigenvalue weighted by atomic mass is 35.5. The lowest BCUT2D eigenvalue weighted by molar-refractivity contribution is 0.856. The van der Waals surface area contributed by atoms with Crippen LogP contribution >= 0.6 is 11.6 Å². The van der Waals surface area contributed by atoms with E-state index in [1.165, 1.54) is 5.56 Å². The predicted octanol–water partition coefficient (Wildman–Crippen LogP) is 3.17. The fourth-order valence-corrected chi connectivity index (χ4v) is 1.64. The molecule has 0 amide bonds. The Labute approximate surface area is 94.5 Å². The summed E-state index contributed by atoms with van der Waals surface area (Å²) in [7, 11) is 0. The van der Waals surface area contributed by atoms with Gasteiger partial charge in [0.2, 0.25) is 0 Å². The molecule has 3 heteroatoms. The van der Waals surface area contributed by atoms with Crippen molar-refractivity contribution in [3.05, 3.63) is 47.8 Å². The fourth-order valence-electron chi connectivity index (χ4n) is 1.50. The molecule has 0 spiro atoms. The minimum atomic E-state index is 0.459. The molecule has 2 rings (SSSR count). The van der Waals surface area contributed by atoms with E-state index < -0.39 is 0 Å². The summed E-state index contributed by atoms with van der Waals surface area (Å²) in [5.41, 5.74) is 3.31. The molecule has 0 aliphatic carbocycles. The average Bonchev–Trinajstić information content (AvgIpc) is 2.78. The fraction of sp³-hybridized carbons (Fsp3) is 0.250. The standard InChI is InChI=1S/C12H13ClN2/c1-2-10-4-3-5-12(8-10)15-7-6-11(9-13)14-15/h3-8H,2,9H2,1H3. The van der Waals surface area contributed by atoms with Gasteiger partial charge in [0.1, 0.15) is 0 Å². The van der Waals surface area contributed by atoms with Crippen LogP contribution < -0.4 is 0 Å². The van der Waals surface area contributed by atoms with Gasteiger partial charge < -0.3 is 0 Å². The van der Waals surface area contributed by atoms with Crippen LogP contribution in [0.4, 0.5) is 0 Å². The largest absolute Gasteiger partial charge is 0.241 e. The second kappa shape index (κ2) is 4.49. The summed E-state index contributed by atoms with van der Waals surface area (Å²) >= 11 is 5.71. The number of rotatable bonds is 3. The third kappa shape index (κ3) is 2.21. The molecule has 0 atom stereocenters. The number of halogens is 1. The van der Waals surface area contributed by atoms with Crippen LogP contribution in [0.25, 0.3) is 5.69 Å². The minimum Gasteiger partial charge on any atom is -0.241 e. The van der Waals surface area contributed by atoms with E-state index in [0.717, 1.165) is 17.8 Å². The van der Waals surface area contributed by atoms with Crippen LogP contribution in [-0.4, -0.2) is 9.78 Å². The monoisotopic (exact) mass is 220 g/mol. The van der Waals surface area contributed by atoms with Crippen LogP contribution in [0.5, 0.6) is 0 Å². The Hall–Kier alpha value is -1.28. The molecular formula is C12H13ClN2. The predicted molar refractivity (Wildman–Crippen MR) is 62.5 cm³/mol. The molecule has 0 saturated heterocycles. The number of hydrogen-bond donors (Lipinski definition) is 0. The van der Waals surface area contributed by atoms with Crippen LogP contribution in [0.1, 0.15) is 18.2 Å². The molecule has 1 aromatic heterocycles. The van der Waals surface area contributed by atoms with E-state index in [2.05, 4.69) is 30.2 Å². The molecule has 78 valence electrons. The van der Waals surface area contributed by atoms with Gasteiger partial charge in [-0.1, -0.05) is 19.1 Å². The van der Waals surface area contributed by atoms with Crippen molar-refractivity contribution in [1.29, 1.82) is 0 Å². The van der Waals surface area contributed by atoms with E-state index in [-0.39, 0.29) is 0 Å². The van der Waals surface area contributed by atoms with Crippen molar-refractivity contribution >= 4 is 11.6 Å². The molecular weight excluding hydrogens is 208 g/mol. The molecule has 2 aromatic rings. The first-order valence-electron chi connectivity index (χ1n) is 5.03. The third-order valence-electron chi connectivity index (χ3n) is 2.36. The maximum Gasteiger partial charge on any atom is 0.0776 e. The Kier molecular flexibility index (Phi) is 3.07. The second-order valence-electron chi connectivity index (χ2n) is 3.41. The van der Waals surface area contributed by atoms with E-state index in [1.807, 2.05) is 23.0 Å². The van der Waals surface area contributed by atoms with Gasteiger partial charge in [0.15, 0.2) is 0 Å².